The van der Waals surface area contributed by atoms with Gasteiger partial charge in [-0.1, -0.05) is 5.16 Å². The Bertz CT molecular complexity index is 316. The summed E-state index contributed by atoms with van der Waals surface area (Å²) in [6, 6.07) is 0. The van der Waals surface area contributed by atoms with Crippen LogP contribution >= 0.6 is 11.8 Å². The number of rotatable bonds is 4. The van der Waals surface area contributed by atoms with E-state index in [1.165, 1.54) is 11.8 Å². The van der Waals surface area contributed by atoms with Crippen molar-refractivity contribution in [1.29, 1.82) is 0 Å². The van der Waals surface area contributed by atoms with Gasteiger partial charge in [-0.25, -0.2) is 0 Å². The largest absolute Gasteiger partial charge is 0.369 e. The maximum atomic E-state index is 10.8. The molecular weight excluding hydrogens is 200 g/mol. The molecule has 0 aliphatic rings. The van der Waals surface area contributed by atoms with E-state index in [-0.39, 0.29) is 11.2 Å². The monoisotopic (exact) mass is 214 g/mol. The standard InChI is InChI=1S/C9H14N2O2S/c1-5-8(6(2)13-11-5)4-14-7(3)9(10)12/h7H,4H2,1-3H3,(H2,10,12). The van der Waals surface area contributed by atoms with Gasteiger partial charge in [0.05, 0.1) is 10.9 Å². The zero-order valence-corrected chi connectivity index (χ0v) is 9.35. The van der Waals surface area contributed by atoms with Crippen LogP contribution in [0.2, 0.25) is 0 Å². The number of nitrogens with zero attached hydrogens (tertiary/aromatic N) is 1. The summed E-state index contributed by atoms with van der Waals surface area (Å²) in [6.07, 6.45) is 0. The van der Waals surface area contributed by atoms with E-state index in [4.69, 9.17) is 10.3 Å². The molecule has 0 aromatic carbocycles. The lowest BCUT2D eigenvalue weighted by molar-refractivity contribution is -0.117. The first kappa shape index (κ1) is 11.1. The van der Waals surface area contributed by atoms with Gasteiger partial charge >= 0.3 is 0 Å². The van der Waals surface area contributed by atoms with Gasteiger partial charge in [-0.15, -0.1) is 11.8 Å². The lowest BCUT2D eigenvalue weighted by Gasteiger charge is -2.05. The molecule has 1 unspecified atom stereocenters. The van der Waals surface area contributed by atoms with E-state index < -0.39 is 0 Å². The number of hydrogen-bond acceptors (Lipinski definition) is 4. The van der Waals surface area contributed by atoms with Crippen molar-refractivity contribution >= 4 is 17.7 Å². The van der Waals surface area contributed by atoms with Crippen molar-refractivity contribution in [3.05, 3.63) is 17.0 Å². The number of aryl methyl sites for hydroxylation is 2. The second-order valence-corrected chi connectivity index (χ2v) is 4.49. The van der Waals surface area contributed by atoms with Gasteiger partial charge < -0.3 is 10.3 Å². The lowest BCUT2D eigenvalue weighted by Crippen LogP contribution is -2.22. The van der Waals surface area contributed by atoms with Crippen LogP contribution in [0.15, 0.2) is 4.52 Å². The minimum atomic E-state index is -0.290. The van der Waals surface area contributed by atoms with Crippen LogP contribution in [0.25, 0.3) is 0 Å². The molecule has 4 nitrogen and oxygen atoms in total. The van der Waals surface area contributed by atoms with Gasteiger partial charge in [0, 0.05) is 11.3 Å². The second-order valence-electron chi connectivity index (χ2n) is 3.16. The first-order chi connectivity index (χ1) is 6.52. The van der Waals surface area contributed by atoms with E-state index in [0.717, 1.165) is 17.0 Å². The van der Waals surface area contributed by atoms with E-state index in [9.17, 15) is 4.79 Å². The van der Waals surface area contributed by atoms with Crippen molar-refractivity contribution in [2.45, 2.75) is 31.8 Å². The van der Waals surface area contributed by atoms with Crippen LogP contribution in [-0.2, 0) is 10.5 Å². The van der Waals surface area contributed by atoms with Crippen LogP contribution < -0.4 is 5.73 Å². The predicted molar refractivity (Wildman–Crippen MR) is 55.9 cm³/mol. The third-order valence-electron chi connectivity index (χ3n) is 2.06. The number of carbonyl (C=O) groups excluding carboxylic acids is 1. The highest BCUT2D eigenvalue weighted by molar-refractivity contribution is 7.99. The molecule has 0 bridgehead atoms. The molecule has 0 radical (unpaired) electrons. The first-order valence-corrected chi connectivity index (χ1v) is 5.40. The predicted octanol–water partition coefficient (Wildman–Crippen LogP) is 1.40. The second kappa shape index (κ2) is 4.50. The molecule has 1 aromatic rings. The number of thioether (sulfide) groups is 1. The molecule has 0 saturated heterocycles. The molecule has 0 spiro atoms. The SMILES string of the molecule is Cc1noc(C)c1CSC(C)C(N)=O. The minimum absolute atomic E-state index is 0.177. The minimum Gasteiger partial charge on any atom is -0.369 e. The fraction of sp³-hybridized carbons (Fsp3) is 0.556. The average molecular weight is 214 g/mol. The van der Waals surface area contributed by atoms with Crippen molar-refractivity contribution in [2.75, 3.05) is 0 Å². The molecule has 5 heteroatoms. The summed E-state index contributed by atoms with van der Waals surface area (Å²) in [6.45, 7) is 5.55. The molecular formula is C9H14N2O2S. The fourth-order valence-corrected chi connectivity index (χ4v) is 1.99. The summed E-state index contributed by atoms with van der Waals surface area (Å²) in [7, 11) is 0. The van der Waals surface area contributed by atoms with Gasteiger partial charge in [0.1, 0.15) is 5.76 Å². The quantitative estimate of drug-likeness (QED) is 0.822. The first-order valence-electron chi connectivity index (χ1n) is 4.35. The summed E-state index contributed by atoms with van der Waals surface area (Å²) < 4.78 is 5.01. The van der Waals surface area contributed by atoms with Gasteiger partial charge in [0.2, 0.25) is 5.91 Å². The van der Waals surface area contributed by atoms with Gasteiger partial charge in [0.25, 0.3) is 0 Å². The molecule has 1 heterocycles. The number of amides is 1. The van der Waals surface area contributed by atoms with Crippen molar-refractivity contribution in [3.63, 3.8) is 0 Å². The Labute approximate surface area is 87.2 Å². The average Bonchev–Trinajstić information content (AvgIpc) is 2.43. The Morgan fingerprint density at radius 1 is 1.64 bits per heavy atom. The molecule has 1 atom stereocenters. The van der Waals surface area contributed by atoms with Gasteiger partial charge in [-0.05, 0) is 20.8 Å². The highest BCUT2D eigenvalue weighted by Crippen LogP contribution is 2.22. The molecule has 0 fully saturated rings. The molecule has 1 aromatic heterocycles. The highest BCUT2D eigenvalue weighted by Gasteiger charge is 2.13. The maximum absolute atomic E-state index is 10.8. The number of primary amides is 1. The fourth-order valence-electron chi connectivity index (χ4n) is 0.998. The zero-order valence-electron chi connectivity index (χ0n) is 8.53. The Hall–Kier alpha value is -0.970. The number of hydrogen-bond donors (Lipinski definition) is 1. The Kier molecular flexibility index (Phi) is 3.57. The Balaban J connectivity index is 2.57. The Morgan fingerprint density at radius 2 is 2.29 bits per heavy atom. The van der Waals surface area contributed by atoms with E-state index >= 15 is 0 Å². The molecule has 78 valence electrons. The summed E-state index contributed by atoms with van der Waals surface area (Å²) in [5.41, 5.74) is 7.09. The lowest BCUT2D eigenvalue weighted by atomic mass is 10.2. The number of aromatic nitrogens is 1. The third kappa shape index (κ3) is 2.51. The van der Waals surface area contributed by atoms with Crippen LogP contribution in [0, 0.1) is 13.8 Å². The molecule has 2 N–H and O–H groups in total. The van der Waals surface area contributed by atoms with Crippen LogP contribution in [0.4, 0.5) is 0 Å². The van der Waals surface area contributed by atoms with Crippen LogP contribution in [0.3, 0.4) is 0 Å². The zero-order chi connectivity index (χ0) is 10.7. The highest BCUT2D eigenvalue weighted by atomic mass is 32.2. The molecule has 1 rings (SSSR count). The summed E-state index contributed by atoms with van der Waals surface area (Å²) in [5, 5.41) is 3.66. The molecule has 14 heavy (non-hydrogen) atoms. The van der Waals surface area contributed by atoms with Crippen LogP contribution in [0.1, 0.15) is 23.9 Å². The van der Waals surface area contributed by atoms with E-state index in [2.05, 4.69) is 5.16 Å². The smallest absolute Gasteiger partial charge is 0.230 e. The van der Waals surface area contributed by atoms with Crippen LogP contribution in [-0.4, -0.2) is 16.3 Å². The Morgan fingerprint density at radius 3 is 2.71 bits per heavy atom. The molecule has 0 aliphatic heterocycles. The van der Waals surface area contributed by atoms with Crippen molar-refractivity contribution < 1.29 is 9.32 Å². The number of nitrogens with two attached hydrogens (primary N) is 1. The normalized spacial score (nSPS) is 12.8. The summed E-state index contributed by atoms with van der Waals surface area (Å²) >= 11 is 1.50. The molecule has 0 saturated carbocycles. The van der Waals surface area contributed by atoms with Gasteiger partial charge in [0.15, 0.2) is 0 Å². The maximum Gasteiger partial charge on any atom is 0.230 e. The summed E-state index contributed by atoms with van der Waals surface area (Å²) in [4.78, 5) is 10.8. The van der Waals surface area contributed by atoms with Crippen LogP contribution in [0.5, 0.6) is 0 Å². The van der Waals surface area contributed by atoms with Crippen molar-refractivity contribution in [2.24, 2.45) is 5.73 Å². The van der Waals surface area contributed by atoms with E-state index in [1.54, 1.807) is 6.92 Å². The van der Waals surface area contributed by atoms with Gasteiger partial charge in [-0.3, -0.25) is 4.79 Å². The number of carbonyl (C=O) groups is 1. The van der Waals surface area contributed by atoms with Crippen molar-refractivity contribution in [1.82, 2.24) is 5.16 Å². The molecule has 1 amide bonds. The van der Waals surface area contributed by atoms with E-state index in [1.807, 2.05) is 13.8 Å². The molecule has 0 aliphatic carbocycles. The summed E-state index contributed by atoms with van der Waals surface area (Å²) in [5.74, 6) is 1.24. The van der Waals surface area contributed by atoms with Gasteiger partial charge in [-0.2, -0.15) is 0 Å². The van der Waals surface area contributed by atoms with E-state index in [0.29, 0.717) is 5.75 Å². The van der Waals surface area contributed by atoms with Crippen molar-refractivity contribution in [3.8, 4) is 0 Å². The topological polar surface area (TPSA) is 69.1 Å². The third-order valence-corrected chi connectivity index (χ3v) is 3.25.